The lowest BCUT2D eigenvalue weighted by Gasteiger charge is -2.06. The lowest BCUT2D eigenvalue weighted by atomic mass is 10.1. The molecule has 1 atom stereocenters. The normalized spacial score (nSPS) is 21.4. The quantitative estimate of drug-likeness (QED) is 0.875. The summed E-state index contributed by atoms with van der Waals surface area (Å²) in [6.07, 6.45) is 3.18. The highest BCUT2D eigenvalue weighted by molar-refractivity contribution is 5.78. The number of fused-ring (bicyclic) bond motifs is 1. The first-order valence-corrected chi connectivity index (χ1v) is 6.11. The van der Waals surface area contributed by atoms with Gasteiger partial charge in [0, 0.05) is 18.1 Å². The summed E-state index contributed by atoms with van der Waals surface area (Å²) in [5, 5.41) is 4.42. The molecule has 0 saturated heterocycles. The van der Waals surface area contributed by atoms with Gasteiger partial charge in [0.25, 0.3) is 0 Å². The zero-order valence-electron chi connectivity index (χ0n) is 10.3. The summed E-state index contributed by atoms with van der Waals surface area (Å²) >= 11 is 0. The van der Waals surface area contributed by atoms with Gasteiger partial charge < -0.3 is 5.32 Å². The van der Waals surface area contributed by atoms with Gasteiger partial charge in [0.2, 0.25) is 5.95 Å². The molecule has 2 aromatic rings. The molecule has 1 fully saturated rings. The van der Waals surface area contributed by atoms with Gasteiger partial charge in [0.05, 0.1) is 5.52 Å². The van der Waals surface area contributed by atoms with E-state index >= 15 is 0 Å². The number of anilines is 1. The summed E-state index contributed by atoms with van der Waals surface area (Å²) in [4.78, 5) is 8.83. The maximum atomic E-state index is 4.50. The predicted octanol–water partition coefficient (Wildman–Crippen LogP) is 3.09. The summed E-state index contributed by atoms with van der Waals surface area (Å²) in [6, 6.07) is 8.06. The molecule has 1 saturated carbocycles. The maximum Gasteiger partial charge on any atom is 0.223 e. The summed E-state index contributed by atoms with van der Waals surface area (Å²) in [5.74, 6) is 1.50. The minimum absolute atomic E-state index is 0.504. The third-order valence-corrected chi connectivity index (χ3v) is 3.71. The molecule has 3 heteroatoms. The van der Waals surface area contributed by atoms with Crippen LogP contribution in [-0.2, 0) is 0 Å². The predicted molar refractivity (Wildman–Crippen MR) is 69.9 cm³/mol. The van der Waals surface area contributed by atoms with Gasteiger partial charge in [-0.3, -0.25) is 0 Å². The van der Waals surface area contributed by atoms with Gasteiger partial charge in [-0.1, -0.05) is 32.0 Å². The molecule has 3 nitrogen and oxygen atoms in total. The average Bonchev–Trinajstić information content (AvgIpc) is 2.94. The van der Waals surface area contributed by atoms with Crippen LogP contribution in [-0.4, -0.2) is 16.5 Å². The van der Waals surface area contributed by atoms with Crippen LogP contribution < -0.4 is 5.32 Å². The first-order chi connectivity index (χ1) is 8.15. The fourth-order valence-corrected chi connectivity index (χ4v) is 2.20. The van der Waals surface area contributed by atoms with Crippen molar-refractivity contribution in [3.63, 3.8) is 0 Å². The van der Waals surface area contributed by atoms with Crippen LogP contribution in [0.15, 0.2) is 30.5 Å². The van der Waals surface area contributed by atoms with Crippen molar-refractivity contribution < 1.29 is 0 Å². The SMILES string of the molecule is CC1(C)CC1CNc1ncc2ccccc2n1. The molecule has 1 aromatic carbocycles. The van der Waals surface area contributed by atoms with Crippen LogP contribution in [0.1, 0.15) is 20.3 Å². The average molecular weight is 227 g/mol. The van der Waals surface area contributed by atoms with Gasteiger partial charge in [-0.15, -0.1) is 0 Å². The fraction of sp³-hybridized carbons (Fsp3) is 0.429. The molecule has 17 heavy (non-hydrogen) atoms. The second kappa shape index (κ2) is 3.69. The Bertz CT molecular complexity index is 548. The van der Waals surface area contributed by atoms with Crippen LogP contribution in [0.5, 0.6) is 0 Å². The van der Waals surface area contributed by atoms with Crippen LogP contribution in [0.25, 0.3) is 10.9 Å². The van der Waals surface area contributed by atoms with Crippen molar-refractivity contribution in [2.45, 2.75) is 20.3 Å². The van der Waals surface area contributed by atoms with E-state index in [1.165, 1.54) is 6.42 Å². The maximum absolute atomic E-state index is 4.50. The number of rotatable bonds is 3. The van der Waals surface area contributed by atoms with Crippen LogP contribution in [0.2, 0.25) is 0 Å². The number of benzene rings is 1. The van der Waals surface area contributed by atoms with Gasteiger partial charge in [-0.05, 0) is 23.8 Å². The number of aromatic nitrogens is 2. The number of hydrogen-bond donors (Lipinski definition) is 1. The van der Waals surface area contributed by atoms with Crippen molar-refractivity contribution in [1.82, 2.24) is 9.97 Å². The summed E-state index contributed by atoms with van der Waals surface area (Å²) in [5.41, 5.74) is 1.50. The Kier molecular flexibility index (Phi) is 2.28. The van der Waals surface area contributed by atoms with Crippen molar-refractivity contribution in [1.29, 1.82) is 0 Å². The first kappa shape index (κ1) is 10.5. The Balaban J connectivity index is 1.73. The minimum atomic E-state index is 0.504. The fourth-order valence-electron chi connectivity index (χ4n) is 2.20. The largest absolute Gasteiger partial charge is 0.354 e. The lowest BCUT2D eigenvalue weighted by Crippen LogP contribution is -2.09. The molecule has 1 aromatic heterocycles. The zero-order chi connectivity index (χ0) is 11.9. The van der Waals surface area contributed by atoms with Crippen molar-refractivity contribution in [3.05, 3.63) is 30.5 Å². The van der Waals surface area contributed by atoms with E-state index in [4.69, 9.17) is 0 Å². The molecule has 0 spiro atoms. The van der Waals surface area contributed by atoms with Crippen LogP contribution in [0, 0.1) is 11.3 Å². The van der Waals surface area contributed by atoms with Gasteiger partial charge in [-0.2, -0.15) is 0 Å². The number of nitrogens with zero attached hydrogens (tertiary/aromatic N) is 2. The molecule has 0 aliphatic heterocycles. The third kappa shape index (κ3) is 2.09. The highest BCUT2D eigenvalue weighted by Gasteiger charge is 2.45. The van der Waals surface area contributed by atoms with Crippen LogP contribution in [0.4, 0.5) is 5.95 Å². The molecule has 1 heterocycles. The van der Waals surface area contributed by atoms with Crippen LogP contribution in [0.3, 0.4) is 0 Å². The second-order valence-electron chi connectivity index (χ2n) is 5.52. The molecule has 1 N–H and O–H groups in total. The number of hydrogen-bond acceptors (Lipinski definition) is 3. The Morgan fingerprint density at radius 2 is 2.12 bits per heavy atom. The summed E-state index contributed by atoms with van der Waals surface area (Å²) < 4.78 is 0. The van der Waals surface area contributed by atoms with E-state index in [0.29, 0.717) is 5.41 Å². The monoisotopic (exact) mass is 227 g/mol. The summed E-state index contributed by atoms with van der Waals surface area (Å²) in [6.45, 7) is 5.59. The Morgan fingerprint density at radius 1 is 1.35 bits per heavy atom. The van der Waals surface area contributed by atoms with E-state index in [2.05, 4.69) is 29.1 Å². The Morgan fingerprint density at radius 3 is 2.88 bits per heavy atom. The van der Waals surface area contributed by atoms with E-state index in [-0.39, 0.29) is 0 Å². The van der Waals surface area contributed by atoms with Gasteiger partial charge in [0.15, 0.2) is 0 Å². The molecule has 88 valence electrons. The van der Waals surface area contributed by atoms with Crippen molar-refractivity contribution in [2.75, 3.05) is 11.9 Å². The molecule has 1 unspecified atom stereocenters. The lowest BCUT2D eigenvalue weighted by molar-refractivity contribution is 0.572. The van der Waals surface area contributed by atoms with Gasteiger partial charge in [-0.25, -0.2) is 9.97 Å². The second-order valence-corrected chi connectivity index (χ2v) is 5.52. The molecule has 0 bridgehead atoms. The smallest absolute Gasteiger partial charge is 0.223 e. The highest BCUT2D eigenvalue weighted by Crippen LogP contribution is 2.51. The molecule has 0 radical (unpaired) electrons. The van der Waals surface area contributed by atoms with Gasteiger partial charge in [0.1, 0.15) is 0 Å². The molecule has 0 amide bonds. The van der Waals surface area contributed by atoms with Crippen molar-refractivity contribution in [3.8, 4) is 0 Å². The molecule has 1 aliphatic rings. The van der Waals surface area contributed by atoms with Gasteiger partial charge >= 0.3 is 0 Å². The highest BCUT2D eigenvalue weighted by atomic mass is 15.1. The zero-order valence-corrected chi connectivity index (χ0v) is 10.3. The molecular weight excluding hydrogens is 210 g/mol. The number of nitrogens with one attached hydrogen (secondary N) is 1. The Labute approximate surface area is 101 Å². The van der Waals surface area contributed by atoms with E-state index < -0.39 is 0 Å². The minimum Gasteiger partial charge on any atom is -0.354 e. The molecule has 1 aliphatic carbocycles. The van der Waals surface area contributed by atoms with Crippen LogP contribution >= 0.6 is 0 Å². The summed E-state index contributed by atoms with van der Waals surface area (Å²) in [7, 11) is 0. The van der Waals surface area contributed by atoms with E-state index in [1.54, 1.807) is 0 Å². The topological polar surface area (TPSA) is 37.8 Å². The first-order valence-electron chi connectivity index (χ1n) is 6.11. The number of para-hydroxylation sites is 1. The van der Waals surface area contributed by atoms with E-state index in [9.17, 15) is 0 Å². The van der Waals surface area contributed by atoms with E-state index in [1.807, 2.05) is 30.5 Å². The van der Waals surface area contributed by atoms with Crippen molar-refractivity contribution >= 4 is 16.9 Å². The molecule has 3 rings (SSSR count). The van der Waals surface area contributed by atoms with Crippen molar-refractivity contribution in [2.24, 2.45) is 11.3 Å². The third-order valence-electron chi connectivity index (χ3n) is 3.71. The Hall–Kier alpha value is -1.64. The molecular formula is C14H17N3. The van der Waals surface area contributed by atoms with E-state index in [0.717, 1.165) is 29.3 Å². The standard InChI is InChI=1S/C14H17N3/c1-14(2)7-11(14)9-16-13-15-8-10-5-3-4-6-12(10)17-13/h3-6,8,11H,7,9H2,1-2H3,(H,15,16,17).